The molecule has 248 valence electrons. The van der Waals surface area contributed by atoms with E-state index in [1.807, 2.05) is 36.1 Å². The molecule has 1 atom stereocenters. The lowest BCUT2D eigenvalue weighted by molar-refractivity contribution is -0.132. The van der Waals surface area contributed by atoms with Crippen molar-refractivity contribution in [2.75, 3.05) is 51.2 Å². The highest BCUT2D eigenvalue weighted by Crippen LogP contribution is 2.42. The maximum atomic E-state index is 14.6. The number of amides is 2. The van der Waals surface area contributed by atoms with E-state index in [0.29, 0.717) is 68.5 Å². The number of nitrogens with two attached hydrogens (primary N) is 1. The number of hydrogen-bond acceptors (Lipinski definition) is 6. The van der Waals surface area contributed by atoms with Gasteiger partial charge in [0.15, 0.2) is 0 Å². The Hall–Kier alpha value is -4.74. The number of carbonyl (C=O) groups excluding carboxylic acids is 2. The van der Waals surface area contributed by atoms with Crippen LogP contribution in [-0.4, -0.2) is 90.8 Å². The molecule has 1 spiro atoms. The molecule has 10 nitrogen and oxygen atoms in total. The molecule has 0 aliphatic carbocycles. The normalized spacial score (nSPS) is 20.3. The van der Waals surface area contributed by atoms with Crippen LogP contribution in [0.5, 0.6) is 0 Å². The summed E-state index contributed by atoms with van der Waals surface area (Å²) < 4.78 is 14.6. The molecule has 3 aliphatic heterocycles. The second kappa shape index (κ2) is 13.8. The van der Waals surface area contributed by atoms with E-state index in [2.05, 4.69) is 25.9 Å². The molecular formula is C36H38ClFN8O2. The molecule has 6 rings (SSSR count). The Kier molecular flexibility index (Phi) is 9.52. The second-order valence-electron chi connectivity index (χ2n) is 12.6. The zero-order chi connectivity index (χ0) is 34.0. The van der Waals surface area contributed by atoms with E-state index < -0.39 is 11.2 Å². The Labute approximate surface area is 284 Å². The predicted octanol–water partition coefficient (Wildman–Crippen LogP) is 4.71. The van der Waals surface area contributed by atoms with Crippen LogP contribution in [0.15, 0.2) is 70.7 Å². The van der Waals surface area contributed by atoms with Crippen LogP contribution in [0.2, 0.25) is 5.02 Å². The number of halogens is 2. The molecule has 2 saturated heterocycles. The number of aliphatic imine (C=N–C) groups is 2. The van der Waals surface area contributed by atoms with Crippen LogP contribution in [-0.2, 0) is 9.59 Å². The van der Waals surface area contributed by atoms with Crippen LogP contribution in [0, 0.1) is 23.6 Å². The Morgan fingerprint density at radius 1 is 1.12 bits per heavy atom. The fourth-order valence-electron chi connectivity index (χ4n) is 6.75. The molecule has 12 heteroatoms. The van der Waals surface area contributed by atoms with Crippen LogP contribution in [0.25, 0.3) is 5.57 Å². The van der Waals surface area contributed by atoms with Crippen LogP contribution < -0.4 is 10.6 Å². The number of amidine groups is 1. The van der Waals surface area contributed by atoms with E-state index in [-0.39, 0.29) is 34.7 Å². The van der Waals surface area contributed by atoms with Gasteiger partial charge in [0.25, 0.3) is 0 Å². The number of rotatable bonds is 8. The van der Waals surface area contributed by atoms with Crippen molar-refractivity contribution in [2.45, 2.75) is 26.2 Å². The van der Waals surface area contributed by atoms with Gasteiger partial charge in [-0.3, -0.25) is 29.8 Å². The summed E-state index contributed by atoms with van der Waals surface area (Å²) in [6, 6.07) is 15.7. The van der Waals surface area contributed by atoms with Gasteiger partial charge in [-0.05, 0) is 73.7 Å². The quantitative estimate of drug-likeness (QED) is 0.265. The van der Waals surface area contributed by atoms with E-state index in [9.17, 15) is 14.0 Å². The van der Waals surface area contributed by atoms with Gasteiger partial charge in [-0.2, -0.15) is 0 Å². The number of aryl methyl sites for hydroxylation is 1. The highest BCUT2D eigenvalue weighted by molar-refractivity contribution is 6.30. The lowest BCUT2D eigenvalue weighted by atomic mass is 9.85. The molecule has 3 aromatic rings. The van der Waals surface area contributed by atoms with E-state index in [1.54, 1.807) is 24.1 Å². The van der Waals surface area contributed by atoms with Gasteiger partial charge in [-0.1, -0.05) is 48.0 Å². The molecule has 0 saturated carbocycles. The van der Waals surface area contributed by atoms with Crippen LogP contribution in [0.4, 0.5) is 10.2 Å². The van der Waals surface area contributed by atoms with E-state index >= 15 is 0 Å². The van der Waals surface area contributed by atoms with Gasteiger partial charge < -0.3 is 10.6 Å². The highest BCUT2D eigenvalue weighted by Gasteiger charge is 2.51. The maximum Gasteiger partial charge on any atom is 0.237 e. The molecule has 48 heavy (non-hydrogen) atoms. The summed E-state index contributed by atoms with van der Waals surface area (Å²) in [4.78, 5) is 45.4. The van der Waals surface area contributed by atoms with Gasteiger partial charge in [0.05, 0.1) is 23.4 Å². The zero-order valence-electron chi connectivity index (χ0n) is 27.0. The molecule has 2 aromatic carbocycles. The number of benzene rings is 2. The average Bonchev–Trinajstić information content (AvgIpc) is 3.65. The van der Waals surface area contributed by atoms with Crippen molar-refractivity contribution < 1.29 is 14.0 Å². The first kappa shape index (κ1) is 33.2. The third kappa shape index (κ3) is 6.65. The monoisotopic (exact) mass is 668 g/mol. The smallest absolute Gasteiger partial charge is 0.237 e. The molecule has 2 fully saturated rings. The third-order valence-electron chi connectivity index (χ3n) is 9.53. The topological polar surface area (TPSA) is 131 Å². The van der Waals surface area contributed by atoms with Crippen LogP contribution in [0.1, 0.15) is 47.2 Å². The van der Waals surface area contributed by atoms with Crippen molar-refractivity contribution in [2.24, 2.45) is 21.1 Å². The largest absolute Gasteiger partial charge is 0.383 e. The van der Waals surface area contributed by atoms with Gasteiger partial charge in [0.2, 0.25) is 11.8 Å². The van der Waals surface area contributed by atoms with Gasteiger partial charge in [0, 0.05) is 49.4 Å². The Bertz CT molecular complexity index is 1860. The number of carbonyl (C=O) groups is 2. The Morgan fingerprint density at radius 3 is 2.60 bits per heavy atom. The summed E-state index contributed by atoms with van der Waals surface area (Å²) in [6.45, 7) is 4.91. The lowest BCUT2D eigenvalue weighted by Gasteiger charge is -2.29. The number of likely N-dealkylation sites (tertiary alicyclic amines) is 1. The van der Waals surface area contributed by atoms with Crippen molar-refractivity contribution >= 4 is 52.7 Å². The second-order valence-corrected chi connectivity index (χ2v) is 13.0. The molecular weight excluding hydrogens is 631 g/mol. The fraction of sp³-hybridized carbons (Fsp3) is 0.333. The summed E-state index contributed by atoms with van der Waals surface area (Å²) in [5.41, 5.74) is 9.58. The molecule has 0 radical (unpaired) electrons. The lowest BCUT2D eigenvalue weighted by Crippen LogP contribution is -2.43. The van der Waals surface area contributed by atoms with Gasteiger partial charge in [-0.25, -0.2) is 14.4 Å². The highest BCUT2D eigenvalue weighted by atomic mass is 35.5. The van der Waals surface area contributed by atoms with E-state index in [0.717, 1.165) is 17.5 Å². The first-order valence-electron chi connectivity index (χ1n) is 16.0. The first-order valence-corrected chi connectivity index (χ1v) is 16.3. The molecule has 3 aliphatic rings. The number of nitrogens with zero attached hydrogens (tertiary/aromatic N) is 6. The van der Waals surface area contributed by atoms with Gasteiger partial charge >= 0.3 is 0 Å². The minimum Gasteiger partial charge on any atom is -0.383 e. The predicted molar refractivity (Wildman–Crippen MR) is 188 cm³/mol. The number of nitrogens with one attached hydrogen (secondary N) is 1. The van der Waals surface area contributed by atoms with Gasteiger partial charge in [0.1, 0.15) is 23.8 Å². The van der Waals surface area contributed by atoms with E-state index in [4.69, 9.17) is 22.7 Å². The molecule has 0 bridgehead atoms. The summed E-state index contributed by atoms with van der Waals surface area (Å²) >= 11 is 5.91. The third-order valence-corrected chi connectivity index (χ3v) is 9.76. The Morgan fingerprint density at radius 2 is 1.90 bits per heavy atom. The van der Waals surface area contributed by atoms with E-state index in [1.165, 1.54) is 30.1 Å². The fourth-order valence-corrected chi connectivity index (χ4v) is 6.91. The number of hydrogen-bond donors (Lipinski definition) is 2. The Balaban J connectivity index is 1.06. The van der Waals surface area contributed by atoms with Crippen molar-refractivity contribution in [3.8, 4) is 0 Å². The molecule has 0 unspecified atom stereocenters. The molecule has 3 N–H and O–H groups in total. The van der Waals surface area contributed by atoms with Gasteiger partial charge in [-0.15, -0.1) is 0 Å². The standard InChI is InChI=1S/C36H38ClFN8O2/c1-23-3-10-30(43-33(23)32(39)28-9-8-27(37)19-29(28)38)46-18-14-36(35(46)48)13-17-44(21-36)20-31(47)45-15-11-25(12-16-45)24-4-6-26(7-5-24)34(40)42-22-41-2/h3-11,19,22,39H,12-18,20-21H2,1-2H3,(H2,40,41,42)/t36-/m0/s1. The first-order chi connectivity index (χ1) is 23.1. The summed E-state index contributed by atoms with van der Waals surface area (Å²) in [5, 5.41) is 8.91. The molecule has 2 amide bonds. The summed E-state index contributed by atoms with van der Waals surface area (Å²) in [7, 11) is 1.64. The number of pyridine rings is 1. The molecule has 4 heterocycles. The van der Waals surface area contributed by atoms with Crippen molar-refractivity contribution in [1.82, 2.24) is 14.8 Å². The summed E-state index contributed by atoms with van der Waals surface area (Å²) in [5.74, 6) is 0.284. The van der Waals surface area contributed by atoms with Crippen LogP contribution >= 0.6 is 11.6 Å². The minimum absolute atomic E-state index is 0.0213. The number of aromatic nitrogens is 1. The SMILES string of the molecule is CN=CN=C(N)c1ccc(C2=CCN(C(=O)CN3CC[C@]4(CCN(c5ccc(C)c(C(=N)c6ccc(Cl)cc6F)n5)C4=O)C3)CC2)cc1. The van der Waals surface area contributed by atoms with Crippen molar-refractivity contribution in [3.05, 3.63) is 99.5 Å². The number of anilines is 1. The minimum atomic E-state index is -0.599. The summed E-state index contributed by atoms with van der Waals surface area (Å²) in [6.07, 6.45) is 5.60. The van der Waals surface area contributed by atoms with Crippen LogP contribution in [0.3, 0.4) is 0 Å². The van der Waals surface area contributed by atoms with Crippen molar-refractivity contribution in [3.63, 3.8) is 0 Å². The molecule has 1 aromatic heterocycles. The zero-order valence-corrected chi connectivity index (χ0v) is 27.8. The maximum absolute atomic E-state index is 14.6. The average molecular weight is 669 g/mol. The van der Waals surface area contributed by atoms with Crippen molar-refractivity contribution in [1.29, 1.82) is 5.41 Å².